The van der Waals surface area contributed by atoms with Gasteiger partial charge in [-0.15, -0.1) is 0 Å². The van der Waals surface area contributed by atoms with Crippen LogP contribution in [0.25, 0.3) is 10.9 Å². The lowest BCUT2D eigenvalue weighted by atomic mass is 9.75. The molecule has 0 radical (unpaired) electrons. The molecule has 1 aliphatic rings. The van der Waals surface area contributed by atoms with Crippen LogP contribution in [0.4, 0.5) is 5.69 Å². The molecule has 1 aromatic heterocycles. The minimum Gasteiger partial charge on any atom is -0.384 e. The molecule has 0 saturated carbocycles. The van der Waals surface area contributed by atoms with Crippen LogP contribution in [0.1, 0.15) is 144 Å². The number of hydrogen-bond acceptors (Lipinski definition) is 3. The van der Waals surface area contributed by atoms with Crippen LogP contribution in [-0.2, 0) is 6.42 Å². The molecule has 0 amide bonds. The fourth-order valence-electron chi connectivity index (χ4n) is 5.95. The van der Waals surface area contributed by atoms with Crippen LogP contribution in [-0.4, -0.2) is 17.3 Å². The zero-order valence-corrected chi connectivity index (χ0v) is 24.0. The highest BCUT2D eigenvalue weighted by atomic mass is 16.1. The van der Waals surface area contributed by atoms with Crippen LogP contribution in [0.5, 0.6) is 0 Å². The molecule has 0 atom stereocenters. The Morgan fingerprint density at radius 1 is 0.806 bits per heavy atom. The first-order chi connectivity index (χ1) is 17.3. The van der Waals surface area contributed by atoms with Gasteiger partial charge in [-0.05, 0) is 43.7 Å². The Kier molecular flexibility index (Phi) is 11.3. The van der Waals surface area contributed by atoms with Crippen molar-refractivity contribution < 1.29 is 4.79 Å². The molecule has 1 N–H and O–H groups in total. The summed E-state index contributed by atoms with van der Waals surface area (Å²) in [5.74, 6) is 0.248. The maximum absolute atomic E-state index is 13.2. The van der Waals surface area contributed by atoms with Crippen LogP contribution in [0.15, 0.2) is 12.1 Å². The average Bonchev–Trinajstić information content (AvgIpc) is 2.80. The molecule has 0 spiro atoms. The number of nitrogens with one attached hydrogen (secondary N) is 1. The number of unbranched alkanes of at least 4 members (excludes halogenated alkanes) is 13. The summed E-state index contributed by atoms with van der Waals surface area (Å²) in [5, 5.41) is 4.83. The molecule has 200 valence electrons. The number of nitrogens with zero attached hydrogens (tertiary/aromatic N) is 1. The van der Waals surface area contributed by atoms with Gasteiger partial charge in [0, 0.05) is 18.4 Å². The fraction of sp³-hybridized carbons (Fsp3) is 0.697. The molecule has 0 bridgehead atoms. The van der Waals surface area contributed by atoms with Gasteiger partial charge in [0.1, 0.15) is 0 Å². The minimum atomic E-state index is -0.0186. The summed E-state index contributed by atoms with van der Waals surface area (Å²) in [6.07, 6.45) is 20.7. The Labute approximate surface area is 221 Å². The third kappa shape index (κ3) is 8.32. The van der Waals surface area contributed by atoms with Crippen molar-refractivity contribution in [3.05, 3.63) is 34.5 Å². The van der Waals surface area contributed by atoms with Gasteiger partial charge >= 0.3 is 0 Å². The maximum Gasteiger partial charge on any atom is 0.167 e. The fourth-order valence-corrected chi connectivity index (χ4v) is 5.95. The lowest BCUT2D eigenvalue weighted by Gasteiger charge is -2.31. The Hall–Kier alpha value is -1.90. The summed E-state index contributed by atoms with van der Waals surface area (Å²) >= 11 is 0. The highest BCUT2D eigenvalue weighted by Gasteiger charge is 2.34. The van der Waals surface area contributed by atoms with Crippen LogP contribution in [0.3, 0.4) is 0 Å². The first-order valence-corrected chi connectivity index (χ1v) is 15.0. The molecule has 0 aliphatic heterocycles. The van der Waals surface area contributed by atoms with Gasteiger partial charge in [0.25, 0.3) is 0 Å². The van der Waals surface area contributed by atoms with E-state index in [0.717, 1.165) is 47.2 Å². The first-order valence-electron chi connectivity index (χ1n) is 15.0. The smallest absolute Gasteiger partial charge is 0.167 e. The number of pyridine rings is 1. The highest BCUT2D eigenvalue weighted by Crippen LogP contribution is 2.40. The molecule has 3 heteroatoms. The summed E-state index contributed by atoms with van der Waals surface area (Å²) < 4.78 is 0. The zero-order chi connectivity index (χ0) is 26.0. The number of rotatable bonds is 16. The zero-order valence-electron chi connectivity index (χ0n) is 24.0. The summed E-state index contributed by atoms with van der Waals surface area (Å²) in [4.78, 5) is 18.2. The van der Waals surface area contributed by atoms with E-state index in [1.54, 1.807) is 0 Å². The summed E-state index contributed by atoms with van der Waals surface area (Å²) in [6.45, 7) is 11.9. The number of anilines is 1. The molecule has 2 aromatic rings. The van der Waals surface area contributed by atoms with E-state index >= 15 is 0 Å². The molecule has 3 rings (SSSR count). The number of benzene rings is 1. The van der Waals surface area contributed by atoms with Gasteiger partial charge in [-0.3, -0.25) is 9.78 Å². The van der Waals surface area contributed by atoms with Crippen LogP contribution >= 0.6 is 0 Å². The second kappa shape index (κ2) is 14.1. The highest BCUT2D eigenvalue weighted by molar-refractivity contribution is 6.10. The molecular formula is C33H52N2O. The second-order valence-electron chi connectivity index (χ2n) is 12.3. The van der Waals surface area contributed by atoms with E-state index in [0.29, 0.717) is 6.42 Å². The molecular weight excluding hydrogens is 440 g/mol. The van der Waals surface area contributed by atoms with Crippen molar-refractivity contribution in [1.82, 2.24) is 4.98 Å². The summed E-state index contributed by atoms with van der Waals surface area (Å²) in [5.41, 5.74) is 6.34. The summed E-state index contributed by atoms with van der Waals surface area (Å²) in [6, 6.07) is 4.41. The molecule has 1 heterocycles. The number of ketones is 1. The van der Waals surface area contributed by atoms with Crippen molar-refractivity contribution >= 4 is 22.4 Å². The van der Waals surface area contributed by atoms with Gasteiger partial charge in [0.15, 0.2) is 5.78 Å². The summed E-state index contributed by atoms with van der Waals surface area (Å²) in [7, 11) is 0. The molecule has 0 saturated heterocycles. The van der Waals surface area contributed by atoms with Crippen molar-refractivity contribution in [2.45, 2.75) is 137 Å². The number of Topliss-reactive ketones (excluding diaryl/α,β-unsaturated/α-hetero) is 1. The largest absolute Gasteiger partial charge is 0.384 e. The standard InChI is InChI=1S/C33H52N2O/c1-6-7-8-9-10-11-12-13-14-15-16-17-18-19-20-34-32-27-22-25(2)21-26(3)31(27)35-28-23-33(4,5)24-29(36)30(28)32/h21-22H,6-20,23-24H2,1-5H3,(H,34,35). The monoisotopic (exact) mass is 492 g/mol. The molecule has 36 heavy (non-hydrogen) atoms. The molecule has 1 aliphatic carbocycles. The van der Waals surface area contributed by atoms with Crippen LogP contribution in [0, 0.1) is 19.3 Å². The number of fused-ring (bicyclic) bond motifs is 2. The normalized spacial score (nSPS) is 14.9. The molecule has 3 nitrogen and oxygen atoms in total. The van der Waals surface area contributed by atoms with Gasteiger partial charge in [0.2, 0.25) is 0 Å². The number of aryl methyl sites for hydroxylation is 2. The van der Waals surface area contributed by atoms with Crippen molar-refractivity contribution in [3.63, 3.8) is 0 Å². The number of carbonyl (C=O) groups is 1. The van der Waals surface area contributed by atoms with E-state index in [-0.39, 0.29) is 11.2 Å². The lowest BCUT2D eigenvalue weighted by Crippen LogP contribution is -2.29. The van der Waals surface area contributed by atoms with Gasteiger partial charge < -0.3 is 5.32 Å². The Balaban J connectivity index is 1.45. The van der Waals surface area contributed by atoms with Crippen molar-refractivity contribution in [3.8, 4) is 0 Å². The first kappa shape index (κ1) is 28.7. The lowest BCUT2D eigenvalue weighted by molar-refractivity contribution is 0.0911. The van der Waals surface area contributed by atoms with Gasteiger partial charge in [0.05, 0.1) is 22.5 Å². The molecule has 0 fully saturated rings. The number of carbonyl (C=O) groups excluding carboxylic acids is 1. The van der Waals surface area contributed by atoms with Gasteiger partial charge in [-0.25, -0.2) is 0 Å². The third-order valence-electron chi connectivity index (χ3n) is 7.90. The predicted molar refractivity (Wildman–Crippen MR) is 156 cm³/mol. The maximum atomic E-state index is 13.2. The van der Waals surface area contributed by atoms with E-state index in [1.165, 1.54) is 94.6 Å². The van der Waals surface area contributed by atoms with Crippen molar-refractivity contribution in [1.29, 1.82) is 0 Å². The second-order valence-corrected chi connectivity index (χ2v) is 12.3. The van der Waals surface area contributed by atoms with Crippen molar-refractivity contribution in [2.75, 3.05) is 11.9 Å². The number of aromatic nitrogens is 1. The number of hydrogen-bond donors (Lipinski definition) is 1. The molecule has 1 aromatic carbocycles. The van der Waals surface area contributed by atoms with Gasteiger partial charge in [-0.1, -0.05) is 116 Å². The van der Waals surface area contributed by atoms with Gasteiger partial charge in [-0.2, -0.15) is 0 Å². The van der Waals surface area contributed by atoms with E-state index < -0.39 is 0 Å². The third-order valence-corrected chi connectivity index (χ3v) is 7.90. The Bertz CT molecular complexity index is 991. The predicted octanol–water partition coefficient (Wildman–Crippen LogP) is 9.90. The van der Waals surface area contributed by atoms with E-state index in [9.17, 15) is 4.79 Å². The Morgan fingerprint density at radius 3 is 1.94 bits per heavy atom. The quantitative estimate of drug-likeness (QED) is 0.237. The molecule has 0 unspecified atom stereocenters. The van der Waals surface area contributed by atoms with E-state index in [4.69, 9.17) is 4.98 Å². The van der Waals surface area contributed by atoms with Crippen LogP contribution < -0.4 is 5.32 Å². The van der Waals surface area contributed by atoms with Crippen molar-refractivity contribution in [2.24, 2.45) is 5.41 Å². The Morgan fingerprint density at radius 2 is 1.36 bits per heavy atom. The SMILES string of the molecule is CCCCCCCCCCCCCCCCNc1c2c(nc3c(C)cc(C)cc13)CC(C)(C)CC2=O. The topological polar surface area (TPSA) is 42.0 Å². The average molecular weight is 493 g/mol. The van der Waals surface area contributed by atoms with E-state index in [2.05, 4.69) is 52.1 Å². The minimum absolute atomic E-state index is 0.0186. The van der Waals surface area contributed by atoms with Crippen LogP contribution in [0.2, 0.25) is 0 Å². The van der Waals surface area contributed by atoms with E-state index in [1.807, 2.05) is 0 Å².